The number of phenols is 1. The lowest BCUT2D eigenvalue weighted by atomic mass is 9.72. The van der Waals surface area contributed by atoms with Crippen LogP contribution in [0.3, 0.4) is 0 Å². The topological polar surface area (TPSA) is 20.2 Å². The van der Waals surface area contributed by atoms with Crippen LogP contribution < -0.4 is 0 Å². The standard InChI is InChI=1S/C19H26O/c1-14(16-8-10-17(20)11-9-16)7-12-18-15(2)6-5-13-19(18,3)4/h7-12,14,20H,5-6,13H2,1-4H3/b12-7+. The third-order valence-corrected chi connectivity index (χ3v) is 4.51. The Morgan fingerprint density at radius 1 is 1.20 bits per heavy atom. The minimum Gasteiger partial charge on any atom is -0.508 e. The monoisotopic (exact) mass is 270 g/mol. The molecule has 0 spiro atoms. The summed E-state index contributed by atoms with van der Waals surface area (Å²) in [7, 11) is 0. The zero-order valence-electron chi connectivity index (χ0n) is 13.1. The van der Waals surface area contributed by atoms with Gasteiger partial charge in [0, 0.05) is 0 Å². The molecule has 20 heavy (non-hydrogen) atoms. The summed E-state index contributed by atoms with van der Waals surface area (Å²) in [6.45, 7) is 9.17. The number of hydrogen-bond acceptors (Lipinski definition) is 1. The van der Waals surface area contributed by atoms with Gasteiger partial charge in [0.2, 0.25) is 0 Å². The van der Waals surface area contributed by atoms with Crippen LogP contribution in [0.5, 0.6) is 5.75 Å². The molecular formula is C19H26O. The molecule has 0 fully saturated rings. The van der Waals surface area contributed by atoms with Crippen molar-refractivity contribution in [2.75, 3.05) is 0 Å². The Morgan fingerprint density at radius 3 is 2.45 bits per heavy atom. The van der Waals surface area contributed by atoms with Crippen molar-refractivity contribution < 1.29 is 5.11 Å². The highest BCUT2D eigenvalue weighted by atomic mass is 16.3. The van der Waals surface area contributed by atoms with Crippen LogP contribution in [0.15, 0.2) is 47.6 Å². The number of rotatable bonds is 3. The molecule has 1 nitrogen and oxygen atoms in total. The summed E-state index contributed by atoms with van der Waals surface area (Å²) in [4.78, 5) is 0. The molecule has 2 rings (SSSR count). The van der Waals surface area contributed by atoms with Crippen molar-refractivity contribution in [3.63, 3.8) is 0 Å². The molecule has 1 aromatic rings. The maximum atomic E-state index is 9.35. The van der Waals surface area contributed by atoms with Gasteiger partial charge in [0.1, 0.15) is 5.75 Å². The average Bonchev–Trinajstić information content (AvgIpc) is 2.38. The highest BCUT2D eigenvalue weighted by Crippen LogP contribution is 2.41. The molecule has 1 heteroatoms. The van der Waals surface area contributed by atoms with Crippen LogP contribution >= 0.6 is 0 Å². The Balaban J connectivity index is 2.18. The Kier molecular flexibility index (Phi) is 4.37. The van der Waals surface area contributed by atoms with Crippen LogP contribution in [0.2, 0.25) is 0 Å². The Hall–Kier alpha value is -1.50. The molecule has 0 amide bonds. The lowest BCUT2D eigenvalue weighted by molar-refractivity contribution is 0.376. The highest BCUT2D eigenvalue weighted by molar-refractivity contribution is 5.36. The van der Waals surface area contributed by atoms with Crippen molar-refractivity contribution in [2.45, 2.75) is 52.9 Å². The summed E-state index contributed by atoms with van der Waals surface area (Å²) in [5, 5.41) is 9.35. The first kappa shape index (κ1) is 14.9. The number of phenolic OH excluding ortho intramolecular Hbond substituents is 1. The molecule has 0 aliphatic heterocycles. The molecule has 0 saturated carbocycles. The first-order chi connectivity index (χ1) is 9.40. The van der Waals surface area contributed by atoms with Gasteiger partial charge in [0.25, 0.3) is 0 Å². The third-order valence-electron chi connectivity index (χ3n) is 4.51. The van der Waals surface area contributed by atoms with Gasteiger partial charge >= 0.3 is 0 Å². The van der Waals surface area contributed by atoms with Gasteiger partial charge in [-0.05, 0) is 60.8 Å². The van der Waals surface area contributed by atoms with Crippen molar-refractivity contribution in [2.24, 2.45) is 5.41 Å². The minimum atomic E-state index is 0.299. The molecule has 108 valence electrons. The van der Waals surface area contributed by atoms with E-state index >= 15 is 0 Å². The van der Waals surface area contributed by atoms with E-state index in [0.29, 0.717) is 17.1 Å². The largest absolute Gasteiger partial charge is 0.508 e. The van der Waals surface area contributed by atoms with E-state index in [0.717, 1.165) is 0 Å². The van der Waals surface area contributed by atoms with Gasteiger partial charge in [0.15, 0.2) is 0 Å². The van der Waals surface area contributed by atoms with Gasteiger partial charge in [-0.1, -0.05) is 50.6 Å². The fourth-order valence-electron chi connectivity index (χ4n) is 3.14. The van der Waals surface area contributed by atoms with Gasteiger partial charge < -0.3 is 5.11 Å². The molecule has 0 radical (unpaired) electrons. The molecule has 1 aliphatic rings. The minimum absolute atomic E-state index is 0.299. The average molecular weight is 270 g/mol. The molecule has 0 bridgehead atoms. The van der Waals surface area contributed by atoms with Crippen molar-refractivity contribution >= 4 is 0 Å². The van der Waals surface area contributed by atoms with Crippen molar-refractivity contribution in [3.8, 4) is 5.75 Å². The second-order valence-electron chi connectivity index (χ2n) is 6.67. The third kappa shape index (κ3) is 3.33. The summed E-state index contributed by atoms with van der Waals surface area (Å²) < 4.78 is 0. The summed E-state index contributed by atoms with van der Waals surface area (Å²) >= 11 is 0. The number of benzene rings is 1. The molecule has 0 saturated heterocycles. The van der Waals surface area contributed by atoms with Crippen LogP contribution in [0.1, 0.15) is 58.4 Å². The van der Waals surface area contributed by atoms with Crippen LogP contribution in [0.25, 0.3) is 0 Å². The SMILES string of the molecule is CC1=C(/C=C/C(C)c2ccc(O)cc2)C(C)(C)CCC1. The fourth-order valence-corrected chi connectivity index (χ4v) is 3.14. The van der Waals surface area contributed by atoms with E-state index in [1.165, 1.54) is 36.0 Å². The molecule has 1 N–H and O–H groups in total. The van der Waals surface area contributed by atoms with Crippen LogP contribution in [-0.4, -0.2) is 5.11 Å². The Bertz CT molecular complexity index is 517. The summed E-state index contributed by atoms with van der Waals surface area (Å²) in [6.07, 6.45) is 8.43. The molecule has 0 aromatic heterocycles. The molecule has 1 atom stereocenters. The van der Waals surface area contributed by atoms with Gasteiger partial charge in [-0.3, -0.25) is 0 Å². The van der Waals surface area contributed by atoms with Gasteiger partial charge in [-0.15, -0.1) is 0 Å². The van der Waals surface area contributed by atoms with Crippen molar-refractivity contribution in [1.82, 2.24) is 0 Å². The van der Waals surface area contributed by atoms with E-state index in [1.807, 2.05) is 12.1 Å². The second-order valence-corrected chi connectivity index (χ2v) is 6.67. The predicted octanol–water partition coefficient (Wildman–Crippen LogP) is 5.58. The van der Waals surface area contributed by atoms with E-state index in [1.54, 1.807) is 12.1 Å². The zero-order chi connectivity index (χ0) is 14.8. The predicted molar refractivity (Wildman–Crippen MR) is 86.0 cm³/mol. The van der Waals surface area contributed by atoms with Crippen LogP contribution in [0.4, 0.5) is 0 Å². The second kappa shape index (κ2) is 5.87. The van der Waals surface area contributed by atoms with Gasteiger partial charge in [-0.25, -0.2) is 0 Å². The van der Waals surface area contributed by atoms with Crippen LogP contribution in [0, 0.1) is 5.41 Å². The molecule has 1 aliphatic carbocycles. The molecule has 1 unspecified atom stereocenters. The highest BCUT2D eigenvalue weighted by Gasteiger charge is 2.26. The van der Waals surface area contributed by atoms with Crippen molar-refractivity contribution in [1.29, 1.82) is 0 Å². The smallest absolute Gasteiger partial charge is 0.115 e. The van der Waals surface area contributed by atoms with E-state index in [9.17, 15) is 5.11 Å². The van der Waals surface area contributed by atoms with Crippen molar-refractivity contribution in [3.05, 3.63) is 53.1 Å². The summed E-state index contributed by atoms with van der Waals surface area (Å²) in [5.41, 5.74) is 4.59. The quantitative estimate of drug-likeness (QED) is 0.760. The molecule has 1 aromatic carbocycles. The van der Waals surface area contributed by atoms with E-state index in [4.69, 9.17) is 0 Å². The number of aromatic hydroxyl groups is 1. The van der Waals surface area contributed by atoms with E-state index < -0.39 is 0 Å². The van der Waals surface area contributed by atoms with Gasteiger partial charge in [-0.2, -0.15) is 0 Å². The number of hydrogen-bond donors (Lipinski definition) is 1. The lowest BCUT2D eigenvalue weighted by Crippen LogP contribution is -2.19. The Labute approximate surface area is 123 Å². The van der Waals surface area contributed by atoms with Crippen LogP contribution in [-0.2, 0) is 0 Å². The molecule has 0 heterocycles. The summed E-state index contributed by atoms with van der Waals surface area (Å²) in [6, 6.07) is 7.51. The molecular weight excluding hydrogens is 244 g/mol. The maximum absolute atomic E-state index is 9.35. The zero-order valence-corrected chi connectivity index (χ0v) is 13.1. The first-order valence-corrected chi connectivity index (χ1v) is 7.57. The van der Waals surface area contributed by atoms with E-state index in [2.05, 4.69) is 39.8 Å². The first-order valence-electron chi connectivity index (χ1n) is 7.57. The Morgan fingerprint density at radius 2 is 1.85 bits per heavy atom. The summed E-state index contributed by atoms with van der Waals surface area (Å²) in [5.74, 6) is 0.700. The lowest BCUT2D eigenvalue weighted by Gasteiger charge is -2.33. The van der Waals surface area contributed by atoms with Gasteiger partial charge in [0.05, 0.1) is 0 Å². The fraction of sp³-hybridized carbons (Fsp3) is 0.474. The number of allylic oxidation sites excluding steroid dienone is 4. The van der Waals surface area contributed by atoms with E-state index in [-0.39, 0.29) is 0 Å². The maximum Gasteiger partial charge on any atom is 0.115 e. The normalized spacial score (nSPS) is 20.4.